The van der Waals surface area contributed by atoms with Crippen molar-refractivity contribution in [3.8, 4) is 0 Å². The highest BCUT2D eigenvalue weighted by atomic mass is 16.2. The fourth-order valence-electron chi connectivity index (χ4n) is 3.25. The molecule has 0 spiro atoms. The lowest BCUT2D eigenvalue weighted by atomic mass is 10.2. The maximum atomic E-state index is 11.9. The molecule has 0 bridgehead atoms. The van der Waals surface area contributed by atoms with Crippen molar-refractivity contribution in [2.24, 2.45) is 10.9 Å². The molecule has 152 valence electrons. The van der Waals surface area contributed by atoms with Gasteiger partial charge in [0.1, 0.15) is 5.82 Å². The summed E-state index contributed by atoms with van der Waals surface area (Å²) in [7, 11) is 1.81. The zero-order chi connectivity index (χ0) is 19.8. The Morgan fingerprint density at radius 1 is 1.22 bits per heavy atom. The van der Waals surface area contributed by atoms with Gasteiger partial charge >= 0.3 is 0 Å². The predicted molar refractivity (Wildman–Crippen MR) is 109 cm³/mol. The van der Waals surface area contributed by atoms with Crippen LogP contribution in [0.15, 0.2) is 17.4 Å². The summed E-state index contributed by atoms with van der Waals surface area (Å²) in [4.78, 5) is 25.2. The van der Waals surface area contributed by atoms with Crippen molar-refractivity contribution < 1.29 is 4.79 Å². The summed E-state index contributed by atoms with van der Waals surface area (Å²) < 4.78 is 2.19. The zero-order valence-corrected chi connectivity index (χ0v) is 17.4. The molecular formula is C19H35N7O. The largest absolute Gasteiger partial charge is 0.353 e. The van der Waals surface area contributed by atoms with E-state index in [2.05, 4.69) is 48.8 Å². The number of nitrogens with zero attached hydrogens (tertiary/aromatic N) is 5. The van der Waals surface area contributed by atoms with Crippen LogP contribution in [-0.4, -0.2) is 77.0 Å². The van der Waals surface area contributed by atoms with Crippen LogP contribution in [0.4, 0.5) is 0 Å². The van der Waals surface area contributed by atoms with E-state index in [1.807, 2.05) is 33.3 Å². The van der Waals surface area contributed by atoms with Gasteiger partial charge < -0.3 is 20.1 Å². The molecule has 2 heterocycles. The van der Waals surface area contributed by atoms with Crippen LogP contribution < -0.4 is 10.6 Å². The molecule has 8 heteroatoms. The summed E-state index contributed by atoms with van der Waals surface area (Å²) in [6, 6.07) is 0.185. The van der Waals surface area contributed by atoms with Crippen molar-refractivity contribution >= 4 is 11.9 Å². The first-order valence-corrected chi connectivity index (χ1v) is 9.86. The van der Waals surface area contributed by atoms with Crippen LogP contribution in [0.1, 0.15) is 33.5 Å². The van der Waals surface area contributed by atoms with Gasteiger partial charge in [-0.2, -0.15) is 0 Å². The molecule has 0 radical (unpaired) electrons. The number of aromatic nitrogens is 2. The van der Waals surface area contributed by atoms with Gasteiger partial charge in [-0.3, -0.25) is 14.7 Å². The van der Waals surface area contributed by atoms with E-state index in [0.29, 0.717) is 19.0 Å². The standard InChI is InChI=1S/C19H35N7O/c1-15(2)13-26-7-6-21-17(26)12-22-19(20-5)25-10-8-24(9-11-25)14-18(27)23-16(3)4/h6-7,15-16H,8-14H2,1-5H3,(H,20,22)(H,23,27). The number of hydrogen-bond donors (Lipinski definition) is 2. The SMILES string of the molecule is CN=C(NCc1nccn1CC(C)C)N1CCN(CC(=O)NC(C)C)CC1. The molecule has 1 aromatic heterocycles. The summed E-state index contributed by atoms with van der Waals surface area (Å²) in [5.74, 6) is 2.59. The van der Waals surface area contributed by atoms with Crippen LogP contribution in [-0.2, 0) is 17.9 Å². The number of piperazine rings is 1. The molecule has 1 amide bonds. The third kappa shape index (κ3) is 6.86. The van der Waals surface area contributed by atoms with Gasteiger partial charge in [-0.25, -0.2) is 4.98 Å². The van der Waals surface area contributed by atoms with Gasteiger partial charge in [0, 0.05) is 58.2 Å². The number of guanidine groups is 1. The fourth-order valence-corrected chi connectivity index (χ4v) is 3.25. The van der Waals surface area contributed by atoms with E-state index < -0.39 is 0 Å². The van der Waals surface area contributed by atoms with E-state index >= 15 is 0 Å². The molecule has 27 heavy (non-hydrogen) atoms. The predicted octanol–water partition coefficient (Wildman–Crippen LogP) is 0.757. The first-order valence-electron chi connectivity index (χ1n) is 9.86. The topological polar surface area (TPSA) is 77.8 Å². The number of carbonyl (C=O) groups is 1. The van der Waals surface area contributed by atoms with E-state index in [4.69, 9.17) is 0 Å². The average Bonchev–Trinajstić information content (AvgIpc) is 3.02. The maximum Gasteiger partial charge on any atom is 0.234 e. The lowest BCUT2D eigenvalue weighted by Crippen LogP contribution is -2.54. The lowest BCUT2D eigenvalue weighted by molar-refractivity contribution is -0.123. The summed E-state index contributed by atoms with van der Waals surface area (Å²) >= 11 is 0. The fraction of sp³-hybridized carbons (Fsp3) is 0.737. The number of imidazole rings is 1. The van der Waals surface area contributed by atoms with E-state index in [9.17, 15) is 4.79 Å². The Labute approximate surface area is 163 Å². The molecule has 1 aliphatic rings. The zero-order valence-electron chi connectivity index (χ0n) is 17.4. The van der Waals surface area contributed by atoms with Gasteiger partial charge in [-0.05, 0) is 19.8 Å². The number of aliphatic imine (C=N–C) groups is 1. The normalized spacial score (nSPS) is 16.3. The molecule has 0 atom stereocenters. The minimum atomic E-state index is 0.0953. The Morgan fingerprint density at radius 3 is 2.52 bits per heavy atom. The highest BCUT2D eigenvalue weighted by Crippen LogP contribution is 2.05. The monoisotopic (exact) mass is 377 g/mol. The maximum absolute atomic E-state index is 11.9. The molecule has 1 saturated heterocycles. The quantitative estimate of drug-likeness (QED) is 0.542. The molecule has 1 aromatic rings. The lowest BCUT2D eigenvalue weighted by Gasteiger charge is -2.36. The Balaban J connectivity index is 1.80. The number of carbonyl (C=O) groups excluding carboxylic acids is 1. The third-order valence-electron chi connectivity index (χ3n) is 4.47. The second-order valence-corrected chi connectivity index (χ2v) is 7.78. The molecular weight excluding hydrogens is 342 g/mol. The van der Waals surface area contributed by atoms with Gasteiger partial charge in [0.2, 0.25) is 5.91 Å². The van der Waals surface area contributed by atoms with Crippen LogP contribution in [0, 0.1) is 5.92 Å². The van der Waals surface area contributed by atoms with E-state index in [1.54, 1.807) is 0 Å². The van der Waals surface area contributed by atoms with Crippen molar-refractivity contribution in [1.82, 2.24) is 30.0 Å². The first kappa shape index (κ1) is 21.2. The Kier molecular flexibility index (Phi) is 8.09. The van der Waals surface area contributed by atoms with Crippen LogP contribution >= 0.6 is 0 Å². The van der Waals surface area contributed by atoms with Gasteiger partial charge in [-0.15, -0.1) is 0 Å². The number of rotatable bonds is 7. The van der Waals surface area contributed by atoms with Crippen molar-refractivity contribution in [2.45, 2.75) is 46.8 Å². The van der Waals surface area contributed by atoms with E-state index in [1.165, 1.54) is 0 Å². The molecule has 2 rings (SSSR count). The molecule has 2 N–H and O–H groups in total. The van der Waals surface area contributed by atoms with E-state index in [-0.39, 0.29) is 11.9 Å². The minimum absolute atomic E-state index is 0.0953. The van der Waals surface area contributed by atoms with Gasteiger partial charge in [-0.1, -0.05) is 13.8 Å². The molecule has 0 saturated carbocycles. The van der Waals surface area contributed by atoms with Crippen molar-refractivity contribution in [3.63, 3.8) is 0 Å². The Morgan fingerprint density at radius 2 is 1.93 bits per heavy atom. The molecule has 0 aromatic carbocycles. The van der Waals surface area contributed by atoms with Crippen molar-refractivity contribution in [1.29, 1.82) is 0 Å². The summed E-state index contributed by atoms with van der Waals surface area (Å²) in [6.45, 7) is 13.9. The van der Waals surface area contributed by atoms with Crippen molar-refractivity contribution in [3.05, 3.63) is 18.2 Å². The number of nitrogens with one attached hydrogen (secondary N) is 2. The highest BCUT2D eigenvalue weighted by Gasteiger charge is 2.21. The van der Waals surface area contributed by atoms with Crippen LogP contribution in [0.2, 0.25) is 0 Å². The molecule has 8 nitrogen and oxygen atoms in total. The van der Waals surface area contributed by atoms with Crippen LogP contribution in [0.3, 0.4) is 0 Å². The van der Waals surface area contributed by atoms with Crippen LogP contribution in [0.5, 0.6) is 0 Å². The van der Waals surface area contributed by atoms with Crippen molar-refractivity contribution in [2.75, 3.05) is 39.8 Å². The van der Waals surface area contributed by atoms with Gasteiger partial charge in [0.15, 0.2) is 5.96 Å². The molecule has 0 unspecified atom stereocenters. The summed E-state index contributed by atoms with van der Waals surface area (Å²) in [5, 5.41) is 6.38. The summed E-state index contributed by atoms with van der Waals surface area (Å²) in [5.41, 5.74) is 0. The third-order valence-corrected chi connectivity index (χ3v) is 4.47. The highest BCUT2D eigenvalue weighted by molar-refractivity contribution is 5.80. The molecule has 1 aliphatic heterocycles. The number of amides is 1. The molecule has 0 aliphatic carbocycles. The van der Waals surface area contributed by atoms with Gasteiger partial charge in [0.05, 0.1) is 13.1 Å². The first-order chi connectivity index (χ1) is 12.9. The second-order valence-electron chi connectivity index (χ2n) is 7.78. The number of hydrogen-bond acceptors (Lipinski definition) is 4. The van der Waals surface area contributed by atoms with E-state index in [0.717, 1.165) is 44.5 Å². The average molecular weight is 378 g/mol. The van der Waals surface area contributed by atoms with Gasteiger partial charge in [0.25, 0.3) is 0 Å². The minimum Gasteiger partial charge on any atom is -0.353 e. The second kappa shape index (κ2) is 10.3. The molecule has 1 fully saturated rings. The van der Waals surface area contributed by atoms with Crippen LogP contribution in [0.25, 0.3) is 0 Å². The summed E-state index contributed by atoms with van der Waals surface area (Å²) in [6.07, 6.45) is 3.88. The Bertz CT molecular complexity index is 615. The smallest absolute Gasteiger partial charge is 0.234 e. The Hall–Kier alpha value is -2.09.